The summed E-state index contributed by atoms with van der Waals surface area (Å²) in [5.41, 5.74) is 6.76. The topological polar surface area (TPSA) is 125 Å². The lowest BCUT2D eigenvalue weighted by Crippen LogP contribution is -2.41. The first-order valence-electron chi connectivity index (χ1n) is 7.77. The van der Waals surface area contributed by atoms with Crippen LogP contribution in [0, 0.1) is 0 Å². The van der Waals surface area contributed by atoms with Crippen molar-refractivity contribution in [3.8, 4) is 0 Å². The molecule has 3 rings (SSSR count). The maximum absolute atomic E-state index is 12.6. The van der Waals surface area contributed by atoms with Crippen LogP contribution >= 0.6 is 0 Å². The summed E-state index contributed by atoms with van der Waals surface area (Å²) in [6.07, 6.45) is 0.381. The molecular formula is C16H19N5O3. The first-order valence-corrected chi connectivity index (χ1v) is 7.77. The van der Waals surface area contributed by atoms with Gasteiger partial charge in [-0.05, 0) is 24.5 Å². The maximum Gasteiger partial charge on any atom is 0.261 e. The second-order valence-electron chi connectivity index (χ2n) is 6.16. The molecule has 0 fully saturated rings. The highest BCUT2D eigenvalue weighted by molar-refractivity contribution is 5.94. The number of aromatic nitrogens is 3. The number of amides is 1. The number of pyridine rings is 1. The fourth-order valence-electron chi connectivity index (χ4n) is 2.80. The van der Waals surface area contributed by atoms with Gasteiger partial charge < -0.3 is 15.6 Å². The van der Waals surface area contributed by atoms with Crippen molar-refractivity contribution in [3.63, 3.8) is 0 Å². The van der Waals surface area contributed by atoms with Crippen molar-refractivity contribution in [3.05, 3.63) is 55.4 Å². The van der Waals surface area contributed by atoms with E-state index in [0.717, 1.165) is 5.69 Å². The van der Waals surface area contributed by atoms with Gasteiger partial charge in [-0.2, -0.15) is 0 Å². The van der Waals surface area contributed by atoms with Crippen LogP contribution in [-0.2, 0) is 13.0 Å². The van der Waals surface area contributed by atoms with Crippen molar-refractivity contribution in [2.24, 2.45) is 0 Å². The summed E-state index contributed by atoms with van der Waals surface area (Å²) in [7, 11) is 0. The molecule has 1 amide bonds. The Morgan fingerprint density at radius 1 is 1.25 bits per heavy atom. The zero-order valence-electron chi connectivity index (χ0n) is 13.5. The second-order valence-corrected chi connectivity index (χ2v) is 6.16. The first kappa shape index (κ1) is 16.0. The number of H-pyrrole nitrogens is 2. The van der Waals surface area contributed by atoms with Crippen LogP contribution in [0.25, 0.3) is 0 Å². The molecule has 126 valence electrons. The van der Waals surface area contributed by atoms with Crippen molar-refractivity contribution >= 4 is 11.9 Å². The Balaban J connectivity index is 1.89. The third-order valence-corrected chi connectivity index (χ3v) is 4.16. The average Bonchev–Trinajstić information content (AvgIpc) is 2.53. The van der Waals surface area contributed by atoms with Gasteiger partial charge in [0.2, 0.25) is 5.95 Å². The highest BCUT2D eigenvalue weighted by Crippen LogP contribution is 2.16. The third kappa shape index (κ3) is 2.82. The van der Waals surface area contributed by atoms with E-state index < -0.39 is 5.56 Å². The molecule has 24 heavy (non-hydrogen) atoms. The van der Waals surface area contributed by atoms with Crippen molar-refractivity contribution in [2.45, 2.75) is 32.7 Å². The summed E-state index contributed by atoms with van der Waals surface area (Å²) < 4.78 is 0. The Kier molecular flexibility index (Phi) is 3.96. The third-order valence-electron chi connectivity index (χ3n) is 4.16. The van der Waals surface area contributed by atoms with E-state index in [4.69, 9.17) is 5.73 Å². The maximum atomic E-state index is 12.6. The molecule has 2 aromatic rings. The van der Waals surface area contributed by atoms with E-state index in [2.05, 4.69) is 15.0 Å². The highest BCUT2D eigenvalue weighted by atomic mass is 16.2. The van der Waals surface area contributed by atoms with Crippen LogP contribution in [0.5, 0.6) is 0 Å². The van der Waals surface area contributed by atoms with Crippen LogP contribution < -0.4 is 16.9 Å². The number of fused-ring (bicyclic) bond motifs is 1. The first-order chi connectivity index (χ1) is 11.4. The molecule has 2 aromatic heterocycles. The minimum absolute atomic E-state index is 0.0205. The summed E-state index contributed by atoms with van der Waals surface area (Å²) in [6, 6.07) is 3.30. The normalized spacial score (nSPS) is 13.9. The smallest absolute Gasteiger partial charge is 0.261 e. The lowest BCUT2D eigenvalue weighted by molar-refractivity contribution is 0.0729. The molecule has 8 nitrogen and oxygen atoms in total. The average molecular weight is 329 g/mol. The summed E-state index contributed by atoms with van der Waals surface area (Å²) in [5.74, 6) is -0.187. The number of hydrogen-bond donors (Lipinski definition) is 3. The Morgan fingerprint density at radius 2 is 2.00 bits per heavy atom. The molecule has 1 aliphatic rings. The van der Waals surface area contributed by atoms with E-state index in [-0.39, 0.29) is 35.4 Å². The van der Waals surface area contributed by atoms with Gasteiger partial charge in [0.1, 0.15) is 5.56 Å². The number of nitrogens with two attached hydrogens (primary N) is 1. The zero-order chi connectivity index (χ0) is 17.4. The van der Waals surface area contributed by atoms with E-state index in [9.17, 15) is 14.4 Å². The van der Waals surface area contributed by atoms with Crippen LogP contribution in [0.15, 0.2) is 21.7 Å². The number of nitrogen functional groups attached to an aromatic ring is 1. The van der Waals surface area contributed by atoms with Gasteiger partial charge in [0.05, 0.1) is 12.2 Å². The van der Waals surface area contributed by atoms with E-state index in [1.165, 1.54) is 4.90 Å². The van der Waals surface area contributed by atoms with Gasteiger partial charge in [-0.1, -0.05) is 13.8 Å². The summed E-state index contributed by atoms with van der Waals surface area (Å²) in [5, 5.41) is 0. The highest BCUT2D eigenvalue weighted by Gasteiger charge is 2.26. The van der Waals surface area contributed by atoms with Gasteiger partial charge in [0, 0.05) is 17.8 Å². The number of carbonyl (C=O) groups excluding carboxylic acids is 1. The molecule has 0 atom stereocenters. The minimum Gasteiger partial charge on any atom is -0.369 e. The Hall–Kier alpha value is -2.90. The van der Waals surface area contributed by atoms with Crippen LogP contribution in [0.2, 0.25) is 0 Å². The van der Waals surface area contributed by atoms with Gasteiger partial charge in [-0.3, -0.25) is 19.4 Å². The molecule has 0 saturated carbocycles. The number of hydrogen-bond acceptors (Lipinski definition) is 5. The molecule has 0 aliphatic carbocycles. The van der Waals surface area contributed by atoms with Gasteiger partial charge in [0.25, 0.3) is 17.0 Å². The van der Waals surface area contributed by atoms with Crippen molar-refractivity contribution in [1.29, 1.82) is 0 Å². The zero-order valence-corrected chi connectivity index (χ0v) is 13.5. The lowest BCUT2D eigenvalue weighted by Gasteiger charge is -2.27. The number of carbonyl (C=O) groups is 1. The molecule has 0 bridgehead atoms. The minimum atomic E-state index is -0.407. The fourth-order valence-corrected chi connectivity index (χ4v) is 2.80. The number of anilines is 1. The van der Waals surface area contributed by atoms with Gasteiger partial charge in [-0.15, -0.1) is 0 Å². The predicted molar refractivity (Wildman–Crippen MR) is 88.9 cm³/mol. The Bertz CT molecular complexity index is 913. The largest absolute Gasteiger partial charge is 0.369 e. The number of aromatic amines is 2. The lowest BCUT2D eigenvalue weighted by atomic mass is 10.0. The van der Waals surface area contributed by atoms with Crippen molar-refractivity contribution in [2.75, 3.05) is 12.3 Å². The second kappa shape index (κ2) is 5.95. The van der Waals surface area contributed by atoms with Crippen LogP contribution in [0.1, 0.15) is 47.1 Å². The van der Waals surface area contributed by atoms with Crippen LogP contribution in [-0.4, -0.2) is 32.3 Å². The van der Waals surface area contributed by atoms with Crippen LogP contribution in [0.3, 0.4) is 0 Å². The molecule has 0 aromatic carbocycles. The number of nitrogens with one attached hydrogen (secondary N) is 2. The molecule has 4 N–H and O–H groups in total. The summed E-state index contributed by atoms with van der Waals surface area (Å²) >= 11 is 0. The monoisotopic (exact) mass is 329 g/mol. The van der Waals surface area contributed by atoms with Gasteiger partial charge in [0.15, 0.2) is 0 Å². The Labute approximate surface area is 137 Å². The van der Waals surface area contributed by atoms with Gasteiger partial charge in [-0.25, -0.2) is 4.98 Å². The molecule has 1 aliphatic heterocycles. The molecule has 0 unspecified atom stereocenters. The number of nitrogens with zero attached hydrogens (tertiary/aromatic N) is 2. The van der Waals surface area contributed by atoms with E-state index >= 15 is 0 Å². The standard InChI is InChI=1S/C16H19N5O3/c1-8(2)11-4-3-10(14(23)18-11)15(24)21-6-5-9-12(7-21)19-16(17)20-13(9)22/h3-4,8H,5-7H2,1-2H3,(H,18,23)(H3,17,19,20,22). The Morgan fingerprint density at radius 3 is 2.67 bits per heavy atom. The molecule has 0 radical (unpaired) electrons. The predicted octanol–water partition coefficient (Wildman–Crippen LogP) is 0.362. The summed E-state index contributed by atoms with van der Waals surface area (Å²) in [6.45, 7) is 4.43. The fraction of sp³-hybridized carbons (Fsp3) is 0.375. The molecule has 0 spiro atoms. The SMILES string of the molecule is CC(C)c1ccc(C(=O)N2CCc3c(nc(N)[nH]c3=O)C2)c(=O)[nH]1. The molecule has 8 heteroatoms. The van der Waals surface area contributed by atoms with Crippen molar-refractivity contribution in [1.82, 2.24) is 19.9 Å². The van der Waals surface area contributed by atoms with E-state index in [1.54, 1.807) is 12.1 Å². The molecule has 0 saturated heterocycles. The van der Waals surface area contributed by atoms with E-state index in [0.29, 0.717) is 24.2 Å². The van der Waals surface area contributed by atoms with Crippen LogP contribution in [0.4, 0.5) is 5.95 Å². The quantitative estimate of drug-likeness (QED) is 0.734. The van der Waals surface area contributed by atoms with Crippen molar-refractivity contribution < 1.29 is 4.79 Å². The summed E-state index contributed by atoms with van der Waals surface area (Å²) in [4.78, 5) is 47.5. The van der Waals surface area contributed by atoms with E-state index in [1.807, 2.05) is 13.8 Å². The number of rotatable bonds is 2. The van der Waals surface area contributed by atoms with Gasteiger partial charge >= 0.3 is 0 Å². The molecule has 3 heterocycles. The molecular weight excluding hydrogens is 310 g/mol.